The minimum atomic E-state index is -0.131. The zero-order valence-electron chi connectivity index (χ0n) is 15.4. The SMILES string of the molecule is Cc1cccc(NC(=O)N2CCN(C(=O)c3n[nH]c4c3CNCC4)CC2)c1. The molecule has 2 aliphatic rings. The van der Waals surface area contributed by atoms with Crippen molar-refractivity contribution >= 4 is 17.6 Å². The first-order chi connectivity index (χ1) is 13.1. The second kappa shape index (κ2) is 7.40. The number of piperazine rings is 1. The van der Waals surface area contributed by atoms with Crippen LogP contribution in [0.25, 0.3) is 0 Å². The zero-order valence-corrected chi connectivity index (χ0v) is 15.4. The van der Waals surface area contributed by atoms with E-state index in [0.717, 1.165) is 35.5 Å². The molecule has 2 aliphatic heterocycles. The number of carbonyl (C=O) groups excluding carboxylic acids is 2. The van der Waals surface area contributed by atoms with E-state index in [1.165, 1.54) is 0 Å². The third kappa shape index (κ3) is 3.66. The molecule has 0 bridgehead atoms. The topological polar surface area (TPSA) is 93.4 Å². The van der Waals surface area contributed by atoms with Crippen molar-refractivity contribution in [3.05, 3.63) is 46.8 Å². The van der Waals surface area contributed by atoms with Crippen molar-refractivity contribution in [2.75, 3.05) is 38.0 Å². The highest BCUT2D eigenvalue weighted by Gasteiger charge is 2.29. The van der Waals surface area contributed by atoms with Gasteiger partial charge >= 0.3 is 6.03 Å². The predicted molar refractivity (Wildman–Crippen MR) is 102 cm³/mol. The Morgan fingerprint density at radius 2 is 1.93 bits per heavy atom. The van der Waals surface area contributed by atoms with Crippen LogP contribution in [0.1, 0.15) is 27.3 Å². The number of H-pyrrole nitrogens is 1. The maximum atomic E-state index is 12.8. The summed E-state index contributed by atoms with van der Waals surface area (Å²) in [6.07, 6.45) is 0.864. The quantitative estimate of drug-likeness (QED) is 0.746. The van der Waals surface area contributed by atoms with Crippen LogP contribution in [0.15, 0.2) is 24.3 Å². The Hall–Kier alpha value is -2.87. The Balaban J connectivity index is 1.35. The molecule has 8 heteroatoms. The van der Waals surface area contributed by atoms with Gasteiger partial charge in [-0.15, -0.1) is 0 Å². The van der Waals surface area contributed by atoms with Gasteiger partial charge in [-0.2, -0.15) is 5.10 Å². The molecule has 0 unspecified atom stereocenters. The van der Waals surface area contributed by atoms with Crippen LogP contribution in [0.3, 0.4) is 0 Å². The molecule has 0 saturated carbocycles. The van der Waals surface area contributed by atoms with Crippen molar-refractivity contribution in [1.82, 2.24) is 25.3 Å². The average molecular weight is 368 g/mol. The van der Waals surface area contributed by atoms with E-state index in [2.05, 4.69) is 20.8 Å². The van der Waals surface area contributed by atoms with E-state index < -0.39 is 0 Å². The summed E-state index contributed by atoms with van der Waals surface area (Å²) in [5.74, 6) is -0.0602. The number of hydrogen-bond donors (Lipinski definition) is 3. The van der Waals surface area contributed by atoms with E-state index in [9.17, 15) is 9.59 Å². The normalized spacial score (nSPS) is 16.8. The Morgan fingerprint density at radius 1 is 1.15 bits per heavy atom. The van der Waals surface area contributed by atoms with Gasteiger partial charge in [0.1, 0.15) is 0 Å². The minimum absolute atomic E-state index is 0.0602. The first-order valence-corrected chi connectivity index (χ1v) is 9.30. The number of fused-ring (bicyclic) bond motifs is 1. The van der Waals surface area contributed by atoms with Gasteiger partial charge in [0.05, 0.1) is 0 Å². The summed E-state index contributed by atoms with van der Waals surface area (Å²) < 4.78 is 0. The zero-order chi connectivity index (χ0) is 18.8. The van der Waals surface area contributed by atoms with E-state index in [4.69, 9.17) is 0 Å². The predicted octanol–water partition coefficient (Wildman–Crippen LogP) is 1.35. The molecule has 0 aliphatic carbocycles. The first kappa shape index (κ1) is 17.5. The molecule has 1 fully saturated rings. The summed E-state index contributed by atoms with van der Waals surface area (Å²) in [4.78, 5) is 28.8. The van der Waals surface area contributed by atoms with Gasteiger partial charge in [0.15, 0.2) is 5.69 Å². The van der Waals surface area contributed by atoms with Crippen molar-refractivity contribution in [3.8, 4) is 0 Å². The van der Waals surface area contributed by atoms with Crippen molar-refractivity contribution < 1.29 is 9.59 Å². The standard InChI is InChI=1S/C19H24N6O2/c1-13-3-2-4-14(11-13)21-19(27)25-9-7-24(8-10-25)18(26)17-15-12-20-6-5-16(15)22-23-17/h2-4,11,20H,5-10,12H2,1H3,(H,21,27)(H,22,23). The number of amides is 3. The molecule has 8 nitrogen and oxygen atoms in total. The maximum Gasteiger partial charge on any atom is 0.321 e. The number of hydrogen-bond acceptors (Lipinski definition) is 4. The second-order valence-electron chi connectivity index (χ2n) is 7.03. The van der Waals surface area contributed by atoms with Crippen LogP contribution in [0.4, 0.5) is 10.5 Å². The molecule has 2 aromatic rings. The Labute approximate surface area is 157 Å². The van der Waals surface area contributed by atoms with Crippen LogP contribution in [0.5, 0.6) is 0 Å². The highest BCUT2D eigenvalue weighted by atomic mass is 16.2. The number of nitrogens with zero attached hydrogens (tertiary/aromatic N) is 3. The molecule has 27 heavy (non-hydrogen) atoms. The van der Waals surface area contributed by atoms with E-state index >= 15 is 0 Å². The molecule has 1 saturated heterocycles. The lowest BCUT2D eigenvalue weighted by molar-refractivity contribution is 0.0664. The smallest absolute Gasteiger partial charge is 0.321 e. The number of aromatic amines is 1. The lowest BCUT2D eigenvalue weighted by atomic mass is 10.1. The molecule has 0 spiro atoms. The number of urea groups is 1. The summed E-state index contributed by atoms with van der Waals surface area (Å²) in [5, 5.41) is 13.4. The number of anilines is 1. The third-order valence-corrected chi connectivity index (χ3v) is 5.13. The van der Waals surface area contributed by atoms with E-state index in [0.29, 0.717) is 38.4 Å². The fourth-order valence-electron chi connectivity index (χ4n) is 3.59. The van der Waals surface area contributed by atoms with Crippen molar-refractivity contribution in [2.45, 2.75) is 19.9 Å². The van der Waals surface area contributed by atoms with E-state index in [-0.39, 0.29) is 11.9 Å². The number of nitrogens with one attached hydrogen (secondary N) is 3. The van der Waals surface area contributed by atoms with E-state index in [1.54, 1.807) is 9.80 Å². The molecule has 4 rings (SSSR count). The van der Waals surface area contributed by atoms with Crippen LogP contribution in [0, 0.1) is 6.92 Å². The summed E-state index contributed by atoms with van der Waals surface area (Å²) in [7, 11) is 0. The molecule has 142 valence electrons. The van der Waals surface area contributed by atoms with Crippen molar-refractivity contribution in [3.63, 3.8) is 0 Å². The third-order valence-electron chi connectivity index (χ3n) is 5.13. The number of aromatic nitrogens is 2. The van der Waals surface area contributed by atoms with Crippen LogP contribution in [-0.2, 0) is 13.0 Å². The largest absolute Gasteiger partial charge is 0.334 e. The molecule has 1 aromatic carbocycles. The second-order valence-corrected chi connectivity index (χ2v) is 7.03. The van der Waals surface area contributed by atoms with Crippen LogP contribution in [-0.4, -0.2) is 64.7 Å². The number of benzene rings is 1. The number of carbonyl (C=O) groups is 2. The Bertz CT molecular complexity index is 854. The summed E-state index contributed by atoms with van der Waals surface area (Å²) >= 11 is 0. The van der Waals surface area contributed by atoms with Gasteiger partial charge in [-0.3, -0.25) is 9.89 Å². The summed E-state index contributed by atoms with van der Waals surface area (Å²) in [5.41, 5.74) is 4.42. The Kier molecular flexibility index (Phi) is 4.81. The molecule has 3 N–H and O–H groups in total. The van der Waals surface area contributed by atoms with E-state index in [1.807, 2.05) is 31.2 Å². The molecular weight excluding hydrogens is 344 g/mol. The lowest BCUT2D eigenvalue weighted by Crippen LogP contribution is -2.52. The number of aryl methyl sites for hydroxylation is 1. The fraction of sp³-hybridized carbons (Fsp3) is 0.421. The van der Waals surface area contributed by atoms with Gasteiger partial charge < -0.3 is 20.4 Å². The highest BCUT2D eigenvalue weighted by Crippen LogP contribution is 2.18. The highest BCUT2D eigenvalue weighted by molar-refractivity contribution is 5.94. The molecule has 3 amide bonds. The fourth-order valence-corrected chi connectivity index (χ4v) is 3.59. The van der Waals surface area contributed by atoms with Gasteiger partial charge in [0.2, 0.25) is 0 Å². The lowest BCUT2D eigenvalue weighted by Gasteiger charge is -2.34. The van der Waals surface area contributed by atoms with Gasteiger partial charge in [-0.25, -0.2) is 4.79 Å². The summed E-state index contributed by atoms with van der Waals surface area (Å²) in [6, 6.07) is 7.59. The van der Waals surface area contributed by atoms with Gasteiger partial charge in [-0.1, -0.05) is 12.1 Å². The van der Waals surface area contributed by atoms with Gasteiger partial charge in [0, 0.05) is 62.6 Å². The first-order valence-electron chi connectivity index (χ1n) is 9.30. The summed E-state index contributed by atoms with van der Waals surface area (Å²) in [6.45, 7) is 5.60. The Morgan fingerprint density at radius 3 is 2.70 bits per heavy atom. The van der Waals surface area contributed by atoms with Gasteiger partial charge in [0.25, 0.3) is 5.91 Å². The van der Waals surface area contributed by atoms with Crippen molar-refractivity contribution in [1.29, 1.82) is 0 Å². The molecule has 3 heterocycles. The minimum Gasteiger partial charge on any atom is -0.334 e. The maximum absolute atomic E-state index is 12.8. The van der Waals surface area contributed by atoms with Gasteiger partial charge in [-0.05, 0) is 24.6 Å². The van der Waals surface area contributed by atoms with Crippen LogP contribution >= 0.6 is 0 Å². The molecule has 0 radical (unpaired) electrons. The van der Waals surface area contributed by atoms with Crippen LogP contribution < -0.4 is 10.6 Å². The van der Waals surface area contributed by atoms with Crippen LogP contribution in [0.2, 0.25) is 0 Å². The average Bonchev–Trinajstić information content (AvgIpc) is 3.12. The number of rotatable bonds is 2. The molecule has 1 aromatic heterocycles. The molecular formula is C19H24N6O2. The van der Waals surface area contributed by atoms with Crippen molar-refractivity contribution in [2.24, 2.45) is 0 Å². The monoisotopic (exact) mass is 368 g/mol. The molecule has 0 atom stereocenters.